The lowest BCUT2D eigenvalue weighted by molar-refractivity contribution is -0.116. The minimum Gasteiger partial charge on any atom is -0.297 e. The molecule has 15 heavy (non-hydrogen) atoms. The molecular formula is C12H12ClNO. The number of carbonyl (C=O) groups is 1. The van der Waals surface area contributed by atoms with E-state index in [4.69, 9.17) is 18.0 Å². The largest absolute Gasteiger partial charge is 0.297 e. The van der Waals surface area contributed by atoms with Crippen LogP contribution in [0, 0.1) is 12.3 Å². The van der Waals surface area contributed by atoms with Gasteiger partial charge in [0.25, 0.3) is 0 Å². The van der Waals surface area contributed by atoms with Gasteiger partial charge in [0.1, 0.15) is 0 Å². The Hall–Kier alpha value is -1.46. The molecule has 1 amide bonds. The minimum absolute atomic E-state index is 0.117. The molecule has 0 aliphatic rings. The first-order chi connectivity index (χ1) is 7.07. The van der Waals surface area contributed by atoms with E-state index in [0.29, 0.717) is 10.7 Å². The summed E-state index contributed by atoms with van der Waals surface area (Å²) in [6, 6.07) is 6.83. The lowest BCUT2D eigenvalue weighted by atomic mass is 10.2. The fourth-order valence-corrected chi connectivity index (χ4v) is 1.60. The fraction of sp³-hybridized carbons (Fsp3) is 0.250. The summed E-state index contributed by atoms with van der Waals surface area (Å²) in [5.41, 5.74) is 0.650. The molecule has 3 heteroatoms. The van der Waals surface area contributed by atoms with E-state index < -0.39 is 0 Å². The maximum atomic E-state index is 11.5. The van der Waals surface area contributed by atoms with Crippen LogP contribution in [0.3, 0.4) is 0 Å². The third-order valence-electron chi connectivity index (χ3n) is 2.08. The molecule has 0 spiro atoms. The molecule has 1 aromatic carbocycles. The van der Waals surface area contributed by atoms with Gasteiger partial charge in [-0.1, -0.05) is 29.7 Å². The molecule has 0 aliphatic carbocycles. The van der Waals surface area contributed by atoms with Gasteiger partial charge in [0, 0.05) is 6.92 Å². The monoisotopic (exact) mass is 221 g/mol. The zero-order valence-corrected chi connectivity index (χ0v) is 9.45. The SMILES string of the molecule is C#CC(C)N(C(C)=O)c1ccccc1Cl. The predicted molar refractivity (Wildman–Crippen MR) is 62.9 cm³/mol. The van der Waals surface area contributed by atoms with E-state index in [2.05, 4.69) is 5.92 Å². The third kappa shape index (κ3) is 2.51. The van der Waals surface area contributed by atoms with Crippen LogP contribution in [0.15, 0.2) is 24.3 Å². The van der Waals surface area contributed by atoms with Gasteiger partial charge in [-0.3, -0.25) is 9.69 Å². The number of anilines is 1. The van der Waals surface area contributed by atoms with Crippen molar-refractivity contribution in [3.63, 3.8) is 0 Å². The Kier molecular flexibility index (Phi) is 3.76. The van der Waals surface area contributed by atoms with Crippen molar-refractivity contribution >= 4 is 23.2 Å². The zero-order chi connectivity index (χ0) is 11.4. The summed E-state index contributed by atoms with van der Waals surface area (Å²) in [6.07, 6.45) is 5.31. The molecule has 1 aromatic rings. The fourth-order valence-electron chi connectivity index (χ4n) is 1.37. The number of benzene rings is 1. The number of amides is 1. The van der Waals surface area contributed by atoms with Crippen LogP contribution in [-0.4, -0.2) is 11.9 Å². The number of carbonyl (C=O) groups excluding carboxylic acids is 1. The van der Waals surface area contributed by atoms with Gasteiger partial charge >= 0.3 is 0 Å². The maximum absolute atomic E-state index is 11.5. The van der Waals surface area contributed by atoms with Gasteiger partial charge in [-0.2, -0.15) is 0 Å². The Morgan fingerprint density at radius 2 is 2.13 bits per heavy atom. The summed E-state index contributed by atoms with van der Waals surface area (Å²) in [5, 5.41) is 0.523. The van der Waals surface area contributed by atoms with E-state index in [9.17, 15) is 4.79 Å². The van der Waals surface area contributed by atoms with E-state index in [1.54, 1.807) is 19.1 Å². The molecule has 78 valence electrons. The highest BCUT2D eigenvalue weighted by molar-refractivity contribution is 6.33. The van der Waals surface area contributed by atoms with Crippen LogP contribution in [0.5, 0.6) is 0 Å². The lowest BCUT2D eigenvalue weighted by Crippen LogP contribution is -2.36. The molecule has 0 bridgehead atoms. The summed E-state index contributed by atoms with van der Waals surface area (Å²) in [6.45, 7) is 3.25. The van der Waals surface area contributed by atoms with Gasteiger partial charge in [-0.15, -0.1) is 6.42 Å². The van der Waals surface area contributed by atoms with E-state index in [0.717, 1.165) is 0 Å². The second-order valence-corrected chi connectivity index (χ2v) is 3.59. The average molecular weight is 222 g/mol. The second-order valence-electron chi connectivity index (χ2n) is 3.18. The van der Waals surface area contributed by atoms with Gasteiger partial charge < -0.3 is 0 Å². The highest BCUT2D eigenvalue weighted by Crippen LogP contribution is 2.26. The standard InChI is InChI=1S/C12H12ClNO/c1-4-9(2)14(10(3)15)12-8-6-5-7-11(12)13/h1,5-9H,2-3H3. The lowest BCUT2D eigenvalue weighted by Gasteiger charge is -2.25. The molecular weight excluding hydrogens is 210 g/mol. The number of para-hydroxylation sites is 1. The Morgan fingerprint density at radius 3 is 2.60 bits per heavy atom. The number of nitrogens with zero attached hydrogens (tertiary/aromatic N) is 1. The molecule has 0 aromatic heterocycles. The maximum Gasteiger partial charge on any atom is 0.224 e. The summed E-state index contributed by atoms with van der Waals surface area (Å²) in [7, 11) is 0. The zero-order valence-electron chi connectivity index (χ0n) is 8.70. The molecule has 0 aliphatic heterocycles. The van der Waals surface area contributed by atoms with E-state index in [1.807, 2.05) is 12.1 Å². The smallest absolute Gasteiger partial charge is 0.224 e. The molecule has 1 atom stereocenters. The predicted octanol–water partition coefficient (Wildman–Crippen LogP) is 2.71. The number of terminal acetylenes is 1. The first kappa shape index (κ1) is 11.6. The third-order valence-corrected chi connectivity index (χ3v) is 2.40. The summed E-state index contributed by atoms with van der Waals surface area (Å²) in [4.78, 5) is 13.0. The first-order valence-electron chi connectivity index (χ1n) is 4.58. The van der Waals surface area contributed by atoms with Crippen LogP contribution in [0.2, 0.25) is 5.02 Å². The van der Waals surface area contributed by atoms with E-state index in [-0.39, 0.29) is 11.9 Å². The number of hydrogen-bond acceptors (Lipinski definition) is 1. The molecule has 0 heterocycles. The Bertz CT molecular complexity index is 408. The molecule has 0 radical (unpaired) electrons. The van der Waals surface area contributed by atoms with Crippen LogP contribution >= 0.6 is 11.6 Å². The number of rotatable bonds is 2. The normalized spacial score (nSPS) is 11.6. The molecule has 0 N–H and O–H groups in total. The van der Waals surface area contributed by atoms with Crippen LogP contribution < -0.4 is 4.90 Å². The van der Waals surface area contributed by atoms with Gasteiger partial charge in [0.05, 0.1) is 16.8 Å². The topological polar surface area (TPSA) is 20.3 Å². The van der Waals surface area contributed by atoms with Crippen molar-refractivity contribution < 1.29 is 4.79 Å². The molecule has 0 saturated carbocycles. The first-order valence-corrected chi connectivity index (χ1v) is 4.96. The van der Waals surface area contributed by atoms with Gasteiger partial charge in [-0.25, -0.2) is 0 Å². The minimum atomic E-state index is -0.303. The molecule has 1 rings (SSSR count). The van der Waals surface area contributed by atoms with Crippen LogP contribution in [-0.2, 0) is 4.79 Å². The van der Waals surface area contributed by atoms with Crippen molar-refractivity contribution in [1.82, 2.24) is 0 Å². The second kappa shape index (κ2) is 4.86. The van der Waals surface area contributed by atoms with Crippen molar-refractivity contribution in [1.29, 1.82) is 0 Å². The highest BCUT2D eigenvalue weighted by atomic mass is 35.5. The van der Waals surface area contributed by atoms with Crippen molar-refractivity contribution in [2.75, 3.05) is 4.90 Å². The Balaban J connectivity index is 3.17. The quantitative estimate of drug-likeness (QED) is 0.704. The van der Waals surface area contributed by atoms with Crippen LogP contribution in [0.4, 0.5) is 5.69 Å². The molecule has 0 saturated heterocycles. The van der Waals surface area contributed by atoms with Gasteiger partial charge in [-0.05, 0) is 19.1 Å². The van der Waals surface area contributed by atoms with Crippen molar-refractivity contribution in [3.05, 3.63) is 29.3 Å². The Morgan fingerprint density at radius 1 is 1.53 bits per heavy atom. The van der Waals surface area contributed by atoms with Crippen LogP contribution in [0.1, 0.15) is 13.8 Å². The summed E-state index contributed by atoms with van der Waals surface area (Å²) >= 11 is 6.00. The van der Waals surface area contributed by atoms with Crippen molar-refractivity contribution in [2.24, 2.45) is 0 Å². The summed E-state index contributed by atoms with van der Waals surface area (Å²) < 4.78 is 0. The molecule has 0 fully saturated rings. The van der Waals surface area contributed by atoms with Crippen molar-refractivity contribution in [3.8, 4) is 12.3 Å². The highest BCUT2D eigenvalue weighted by Gasteiger charge is 2.18. The van der Waals surface area contributed by atoms with E-state index >= 15 is 0 Å². The molecule has 2 nitrogen and oxygen atoms in total. The number of halogens is 1. The van der Waals surface area contributed by atoms with Crippen LogP contribution in [0.25, 0.3) is 0 Å². The number of hydrogen-bond donors (Lipinski definition) is 0. The summed E-state index contributed by atoms with van der Waals surface area (Å²) in [5.74, 6) is 2.40. The van der Waals surface area contributed by atoms with E-state index in [1.165, 1.54) is 11.8 Å². The van der Waals surface area contributed by atoms with Crippen molar-refractivity contribution in [2.45, 2.75) is 19.9 Å². The van der Waals surface area contributed by atoms with Gasteiger partial charge in [0.2, 0.25) is 5.91 Å². The average Bonchev–Trinajstić information content (AvgIpc) is 2.20. The van der Waals surface area contributed by atoms with Gasteiger partial charge in [0.15, 0.2) is 0 Å². The Labute approximate surface area is 94.8 Å². The molecule has 1 unspecified atom stereocenters.